The topological polar surface area (TPSA) is 93.2 Å². The monoisotopic (exact) mass is 182 g/mol. The van der Waals surface area contributed by atoms with Crippen molar-refractivity contribution in [2.45, 2.75) is 6.92 Å². The van der Waals surface area contributed by atoms with Crippen LogP contribution in [0.3, 0.4) is 0 Å². The van der Waals surface area contributed by atoms with Gasteiger partial charge in [0.15, 0.2) is 0 Å². The van der Waals surface area contributed by atoms with Crippen molar-refractivity contribution in [3.8, 4) is 0 Å². The second-order valence-corrected chi connectivity index (χ2v) is 2.17. The van der Waals surface area contributed by atoms with Crippen molar-refractivity contribution in [1.82, 2.24) is 5.43 Å². The molecule has 5 heteroatoms. The van der Waals surface area contributed by atoms with Gasteiger partial charge in [0.25, 0.3) is 0 Å². The summed E-state index contributed by atoms with van der Waals surface area (Å²) in [5.41, 5.74) is 6.09. The van der Waals surface area contributed by atoms with E-state index in [0.717, 1.165) is 5.69 Å². The molecule has 1 amide bonds. The van der Waals surface area contributed by atoms with E-state index in [1.165, 1.54) is 6.92 Å². The average molecular weight is 182 g/mol. The molecule has 0 aliphatic rings. The van der Waals surface area contributed by atoms with Gasteiger partial charge in [-0.2, -0.15) is 0 Å². The maximum Gasteiger partial charge on any atom is 0.235 e. The molecule has 0 bridgehead atoms. The van der Waals surface area contributed by atoms with E-state index in [0.29, 0.717) is 0 Å². The van der Waals surface area contributed by atoms with Gasteiger partial charge in [0.1, 0.15) is 0 Å². The molecule has 0 saturated carbocycles. The number of benzene rings is 1. The molecule has 0 saturated heterocycles. The molecule has 0 radical (unpaired) electrons. The fourth-order valence-electron chi connectivity index (χ4n) is 0.682. The number of carbonyl (C=O) groups is 1. The minimum atomic E-state index is -0.103. The number of hydrogen-bond donors (Lipinski definition) is 4. The molecule has 0 aliphatic heterocycles. The van der Waals surface area contributed by atoms with Gasteiger partial charge in [-0.15, -0.1) is 0 Å². The number of para-hydroxylation sites is 1. The van der Waals surface area contributed by atoms with Gasteiger partial charge >= 0.3 is 0 Å². The first-order valence-electron chi connectivity index (χ1n) is 3.70. The van der Waals surface area contributed by atoms with Gasteiger partial charge in [-0.25, -0.2) is 0 Å². The molecule has 6 N–H and O–H groups in total. The maximum absolute atomic E-state index is 10.4. The number of nitrogens with one attached hydrogen (secondary N) is 2. The van der Waals surface area contributed by atoms with Gasteiger partial charge in [0, 0.05) is 6.92 Å². The SMILES string of the molecule is CC(=O)NNc1ccccc1.NN. The Labute approximate surface area is 77.0 Å². The quantitative estimate of drug-likeness (QED) is 0.381. The normalized spacial score (nSPS) is 7.92. The Kier molecular flexibility index (Phi) is 6.21. The summed E-state index contributed by atoms with van der Waals surface area (Å²) >= 11 is 0. The van der Waals surface area contributed by atoms with Gasteiger partial charge in [0.2, 0.25) is 5.91 Å². The number of hydrogen-bond acceptors (Lipinski definition) is 4. The van der Waals surface area contributed by atoms with E-state index in [4.69, 9.17) is 0 Å². The van der Waals surface area contributed by atoms with Gasteiger partial charge in [-0.05, 0) is 12.1 Å². The zero-order valence-electron chi connectivity index (χ0n) is 7.45. The summed E-state index contributed by atoms with van der Waals surface area (Å²) in [5.74, 6) is 7.90. The van der Waals surface area contributed by atoms with Crippen LogP contribution in [0, 0.1) is 0 Å². The van der Waals surface area contributed by atoms with E-state index in [2.05, 4.69) is 22.5 Å². The summed E-state index contributed by atoms with van der Waals surface area (Å²) in [7, 11) is 0. The lowest BCUT2D eigenvalue weighted by Crippen LogP contribution is -2.26. The minimum Gasteiger partial charge on any atom is -0.299 e. The largest absolute Gasteiger partial charge is 0.299 e. The molecule has 1 aromatic carbocycles. The molecule has 1 aromatic rings. The summed E-state index contributed by atoms with van der Waals surface area (Å²) in [6.45, 7) is 1.45. The predicted octanol–water partition coefficient (Wildman–Crippen LogP) is -0.0316. The smallest absolute Gasteiger partial charge is 0.235 e. The van der Waals surface area contributed by atoms with E-state index >= 15 is 0 Å². The van der Waals surface area contributed by atoms with Gasteiger partial charge < -0.3 is 0 Å². The van der Waals surface area contributed by atoms with Crippen LogP contribution in [0.2, 0.25) is 0 Å². The van der Waals surface area contributed by atoms with Crippen molar-refractivity contribution in [3.05, 3.63) is 30.3 Å². The Morgan fingerprint density at radius 1 is 1.23 bits per heavy atom. The molecule has 0 unspecified atom stereocenters. The standard InChI is InChI=1S/C8H10N2O.H4N2/c1-7(11)9-10-8-5-3-2-4-6-8;1-2/h2-6,10H,1H3,(H,9,11);1-2H2. The molecule has 13 heavy (non-hydrogen) atoms. The van der Waals surface area contributed by atoms with Crippen molar-refractivity contribution >= 4 is 11.6 Å². The van der Waals surface area contributed by atoms with E-state index in [1.54, 1.807) is 0 Å². The molecular weight excluding hydrogens is 168 g/mol. The molecule has 0 spiro atoms. The molecule has 5 nitrogen and oxygen atoms in total. The maximum atomic E-state index is 10.4. The summed E-state index contributed by atoms with van der Waals surface area (Å²) in [4.78, 5) is 10.4. The highest BCUT2D eigenvalue weighted by Gasteiger charge is 1.88. The molecule has 0 fully saturated rings. The number of anilines is 1. The van der Waals surface area contributed by atoms with Crippen LogP contribution in [-0.4, -0.2) is 5.91 Å². The lowest BCUT2D eigenvalue weighted by Gasteiger charge is -2.04. The van der Waals surface area contributed by atoms with E-state index in [-0.39, 0.29) is 5.91 Å². The number of rotatable bonds is 2. The van der Waals surface area contributed by atoms with E-state index in [1.807, 2.05) is 30.3 Å². The Morgan fingerprint density at radius 2 is 1.77 bits per heavy atom. The van der Waals surface area contributed by atoms with Gasteiger partial charge in [0.05, 0.1) is 5.69 Å². The average Bonchev–Trinajstić information content (AvgIpc) is 2.19. The summed E-state index contributed by atoms with van der Waals surface area (Å²) in [6.07, 6.45) is 0. The molecule has 72 valence electrons. The van der Waals surface area contributed by atoms with Crippen LogP contribution in [0.5, 0.6) is 0 Å². The van der Waals surface area contributed by atoms with Crippen molar-refractivity contribution in [2.24, 2.45) is 11.7 Å². The van der Waals surface area contributed by atoms with Crippen LogP contribution in [0.25, 0.3) is 0 Å². The fraction of sp³-hybridized carbons (Fsp3) is 0.125. The molecular formula is C8H14N4O. The lowest BCUT2D eigenvalue weighted by atomic mass is 10.3. The first-order chi connectivity index (χ1) is 6.29. The van der Waals surface area contributed by atoms with Gasteiger partial charge in [-0.3, -0.25) is 27.3 Å². The van der Waals surface area contributed by atoms with Gasteiger partial charge in [-0.1, -0.05) is 18.2 Å². The second kappa shape index (κ2) is 7.08. The van der Waals surface area contributed by atoms with Crippen molar-refractivity contribution < 1.29 is 4.79 Å². The van der Waals surface area contributed by atoms with Crippen LogP contribution >= 0.6 is 0 Å². The predicted molar refractivity (Wildman–Crippen MR) is 52.3 cm³/mol. The van der Waals surface area contributed by atoms with Crippen LogP contribution in [0.4, 0.5) is 5.69 Å². The van der Waals surface area contributed by atoms with E-state index < -0.39 is 0 Å². The highest BCUT2D eigenvalue weighted by molar-refractivity contribution is 5.74. The highest BCUT2D eigenvalue weighted by atomic mass is 16.2. The lowest BCUT2D eigenvalue weighted by molar-refractivity contribution is -0.118. The second-order valence-electron chi connectivity index (χ2n) is 2.17. The number of nitrogens with two attached hydrogens (primary N) is 2. The summed E-state index contributed by atoms with van der Waals surface area (Å²) < 4.78 is 0. The van der Waals surface area contributed by atoms with Crippen LogP contribution in [-0.2, 0) is 4.79 Å². The third kappa shape index (κ3) is 5.66. The Balaban J connectivity index is 0.000000671. The molecule has 0 aliphatic carbocycles. The number of amides is 1. The van der Waals surface area contributed by atoms with Crippen LogP contribution < -0.4 is 22.5 Å². The summed E-state index contributed by atoms with van der Waals surface area (Å²) in [6, 6.07) is 9.44. The first kappa shape index (κ1) is 11.4. The number of carbonyl (C=O) groups excluding carboxylic acids is 1. The zero-order valence-corrected chi connectivity index (χ0v) is 7.45. The molecule has 0 heterocycles. The van der Waals surface area contributed by atoms with Crippen molar-refractivity contribution in [2.75, 3.05) is 5.43 Å². The third-order valence-corrected chi connectivity index (χ3v) is 1.16. The Hall–Kier alpha value is -1.59. The van der Waals surface area contributed by atoms with Crippen LogP contribution in [0.1, 0.15) is 6.92 Å². The Bertz CT molecular complexity index is 237. The van der Waals surface area contributed by atoms with Crippen molar-refractivity contribution in [1.29, 1.82) is 0 Å². The third-order valence-electron chi connectivity index (χ3n) is 1.16. The van der Waals surface area contributed by atoms with E-state index in [9.17, 15) is 4.79 Å². The summed E-state index contributed by atoms with van der Waals surface area (Å²) in [5, 5.41) is 0. The van der Waals surface area contributed by atoms with Crippen LogP contribution in [0.15, 0.2) is 30.3 Å². The fourth-order valence-corrected chi connectivity index (χ4v) is 0.682. The molecule has 0 aromatic heterocycles. The highest BCUT2D eigenvalue weighted by Crippen LogP contribution is 2.01. The molecule has 0 atom stereocenters. The van der Waals surface area contributed by atoms with Crippen molar-refractivity contribution in [3.63, 3.8) is 0 Å². The number of hydrazine groups is 2. The zero-order chi connectivity index (χ0) is 10.1. The Morgan fingerprint density at radius 3 is 2.23 bits per heavy atom. The minimum absolute atomic E-state index is 0.103. The first-order valence-corrected chi connectivity index (χ1v) is 3.70. The molecule has 1 rings (SSSR count).